The molecule has 3 rings (SSSR count). The molecule has 0 bridgehead atoms. The molecule has 0 radical (unpaired) electrons. The maximum absolute atomic E-state index is 11.9. The number of hydrogen-bond donors (Lipinski definition) is 1. The Morgan fingerprint density at radius 3 is 2.82 bits per heavy atom. The normalized spacial score (nSPS) is 14.8. The zero-order chi connectivity index (χ0) is 15.2. The lowest BCUT2D eigenvalue weighted by Crippen LogP contribution is -2.37. The number of carbonyl (C=O) groups is 1. The maximum atomic E-state index is 11.9. The lowest BCUT2D eigenvalue weighted by Gasteiger charge is -2.26. The average molecular weight is 301 g/mol. The zero-order valence-electron chi connectivity index (χ0n) is 12.3. The predicted octanol–water partition coefficient (Wildman–Crippen LogP) is 0.431. The van der Waals surface area contributed by atoms with Gasteiger partial charge in [0.2, 0.25) is 11.9 Å². The van der Waals surface area contributed by atoms with Crippen LogP contribution < -0.4 is 10.2 Å². The minimum Gasteiger partial charge on any atom is -0.378 e. The third-order valence-electron chi connectivity index (χ3n) is 3.45. The van der Waals surface area contributed by atoms with Gasteiger partial charge in [-0.25, -0.2) is 9.97 Å². The second-order valence-corrected chi connectivity index (χ2v) is 5.08. The van der Waals surface area contributed by atoms with E-state index in [-0.39, 0.29) is 5.91 Å². The van der Waals surface area contributed by atoms with E-state index in [9.17, 15) is 4.79 Å². The van der Waals surface area contributed by atoms with Crippen molar-refractivity contribution >= 4 is 11.9 Å². The first-order chi connectivity index (χ1) is 10.8. The number of hydrogen-bond acceptors (Lipinski definition) is 5. The largest absolute Gasteiger partial charge is 0.378 e. The Kier molecular flexibility index (Phi) is 4.65. The van der Waals surface area contributed by atoms with E-state index in [0.717, 1.165) is 18.8 Å². The molecule has 1 saturated heterocycles. The molecule has 0 aromatic carbocycles. The monoisotopic (exact) mass is 301 g/mol. The van der Waals surface area contributed by atoms with Gasteiger partial charge in [-0.05, 0) is 18.2 Å². The molecule has 116 valence electrons. The number of ether oxygens (including phenoxy) is 1. The number of anilines is 1. The van der Waals surface area contributed by atoms with Gasteiger partial charge in [0, 0.05) is 31.7 Å². The van der Waals surface area contributed by atoms with Gasteiger partial charge in [0.1, 0.15) is 6.54 Å². The molecule has 7 nitrogen and oxygen atoms in total. The molecule has 0 aliphatic carbocycles. The van der Waals surface area contributed by atoms with Crippen molar-refractivity contribution in [3.8, 4) is 0 Å². The minimum atomic E-state index is -0.0391. The van der Waals surface area contributed by atoms with Crippen LogP contribution in [0.2, 0.25) is 0 Å². The summed E-state index contributed by atoms with van der Waals surface area (Å²) in [6, 6.07) is 5.61. The highest BCUT2D eigenvalue weighted by atomic mass is 16.5. The molecule has 0 atom stereocenters. The van der Waals surface area contributed by atoms with E-state index >= 15 is 0 Å². The highest BCUT2D eigenvalue weighted by molar-refractivity contribution is 5.75. The van der Waals surface area contributed by atoms with Crippen LogP contribution in [0.15, 0.2) is 36.8 Å². The second-order valence-electron chi connectivity index (χ2n) is 5.08. The van der Waals surface area contributed by atoms with Crippen LogP contribution in [-0.2, 0) is 22.6 Å². The molecule has 1 fully saturated rings. The van der Waals surface area contributed by atoms with Crippen LogP contribution in [0.4, 0.5) is 5.95 Å². The van der Waals surface area contributed by atoms with Crippen molar-refractivity contribution in [3.05, 3.63) is 42.5 Å². The van der Waals surface area contributed by atoms with E-state index in [2.05, 4.69) is 20.2 Å². The Labute approximate surface area is 128 Å². The quantitative estimate of drug-likeness (QED) is 0.867. The number of nitrogens with zero attached hydrogens (tertiary/aromatic N) is 4. The fourth-order valence-corrected chi connectivity index (χ4v) is 2.29. The smallest absolute Gasteiger partial charge is 0.240 e. The number of carbonyl (C=O) groups excluding carboxylic acids is 1. The molecule has 2 aromatic heterocycles. The number of amides is 1. The van der Waals surface area contributed by atoms with Gasteiger partial charge in [0.25, 0.3) is 0 Å². The van der Waals surface area contributed by atoms with Crippen molar-refractivity contribution in [2.75, 3.05) is 31.2 Å². The van der Waals surface area contributed by atoms with Gasteiger partial charge in [0.05, 0.1) is 25.5 Å². The topological polar surface area (TPSA) is 72.3 Å². The summed E-state index contributed by atoms with van der Waals surface area (Å²) in [5.41, 5.74) is 0.803. The first-order valence-corrected chi connectivity index (χ1v) is 7.33. The molecule has 0 saturated carbocycles. The van der Waals surface area contributed by atoms with Gasteiger partial charge in [-0.3, -0.25) is 4.79 Å². The average Bonchev–Trinajstić information content (AvgIpc) is 3.07. The summed E-state index contributed by atoms with van der Waals surface area (Å²) in [7, 11) is 0. The Hall–Kier alpha value is -2.41. The summed E-state index contributed by atoms with van der Waals surface area (Å²) < 4.78 is 7.15. The summed E-state index contributed by atoms with van der Waals surface area (Å²) in [5.74, 6) is 0.656. The number of nitrogens with one attached hydrogen (secondary N) is 1. The molecule has 0 spiro atoms. The first kappa shape index (κ1) is 14.5. The Morgan fingerprint density at radius 1 is 1.27 bits per heavy atom. The van der Waals surface area contributed by atoms with E-state index in [0.29, 0.717) is 32.3 Å². The SMILES string of the molecule is O=C(Cn1cccc1)NCc1ccnc(N2CCOCC2)n1. The molecule has 2 aromatic rings. The lowest BCUT2D eigenvalue weighted by atomic mass is 10.4. The summed E-state index contributed by atoms with van der Waals surface area (Å²) >= 11 is 0. The van der Waals surface area contributed by atoms with E-state index in [1.807, 2.05) is 35.2 Å². The van der Waals surface area contributed by atoms with Crippen LogP contribution in [0.1, 0.15) is 5.69 Å². The molecular weight excluding hydrogens is 282 g/mol. The van der Waals surface area contributed by atoms with Gasteiger partial charge < -0.3 is 19.5 Å². The zero-order valence-corrected chi connectivity index (χ0v) is 12.3. The van der Waals surface area contributed by atoms with Crippen molar-refractivity contribution < 1.29 is 9.53 Å². The molecule has 1 N–H and O–H groups in total. The van der Waals surface area contributed by atoms with Gasteiger partial charge in [-0.15, -0.1) is 0 Å². The maximum Gasteiger partial charge on any atom is 0.240 e. The summed E-state index contributed by atoms with van der Waals surface area (Å²) in [6.07, 6.45) is 5.45. The Bertz CT molecular complexity index is 608. The highest BCUT2D eigenvalue weighted by Gasteiger charge is 2.14. The van der Waals surface area contributed by atoms with E-state index in [1.165, 1.54) is 0 Å². The Morgan fingerprint density at radius 2 is 2.05 bits per heavy atom. The third-order valence-corrected chi connectivity index (χ3v) is 3.45. The molecular formula is C15H19N5O2. The van der Waals surface area contributed by atoms with Crippen molar-refractivity contribution in [2.24, 2.45) is 0 Å². The standard InChI is InChI=1S/C15H19N5O2/c21-14(12-19-5-1-2-6-19)17-11-13-3-4-16-15(18-13)20-7-9-22-10-8-20/h1-6H,7-12H2,(H,17,21). The van der Waals surface area contributed by atoms with Crippen LogP contribution in [-0.4, -0.2) is 46.7 Å². The van der Waals surface area contributed by atoms with Crippen molar-refractivity contribution in [3.63, 3.8) is 0 Å². The first-order valence-electron chi connectivity index (χ1n) is 7.33. The molecule has 3 heterocycles. The molecule has 1 aliphatic rings. The summed E-state index contributed by atoms with van der Waals surface area (Å²) in [5, 5.41) is 2.87. The molecule has 1 aliphatic heterocycles. The van der Waals surface area contributed by atoms with Crippen molar-refractivity contribution in [2.45, 2.75) is 13.1 Å². The van der Waals surface area contributed by atoms with Crippen LogP contribution in [0, 0.1) is 0 Å². The third kappa shape index (κ3) is 3.82. The number of aromatic nitrogens is 3. The van der Waals surface area contributed by atoms with Gasteiger partial charge in [-0.2, -0.15) is 0 Å². The number of rotatable bonds is 5. The van der Waals surface area contributed by atoms with E-state index in [1.54, 1.807) is 6.20 Å². The van der Waals surface area contributed by atoms with E-state index < -0.39 is 0 Å². The summed E-state index contributed by atoms with van der Waals surface area (Å²) in [4.78, 5) is 22.8. The van der Waals surface area contributed by atoms with Gasteiger partial charge >= 0.3 is 0 Å². The number of morpholine rings is 1. The summed E-state index contributed by atoms with van der Waals surface area (Å²) in [6.45, 7) is 3.70. The van der Waals surface area contributed by atoms with Crippen molar-refractivity contribution in [1.82, 2.24) is 19.9 Å². The van der Waals surface area contributed by atoms with Crippen LogP contribution in [0.5, 0.6) is 0 Å². The van der Waals surface area contributed by atoms with Gasteiger partial charge in [-0.1, -0.05) is 0 Å². The van der Waals surface area contributed by atoms with Crippen molar-refractivity contribution in [1.29, 1.82) is 0 Å². The molecule has 1 amide bonds. The fraction of sp³-hybridized carbons (Fsp3) is 0.400. The van der Waals surface area contributed by atoms with E-state index in [4.69, 9.17) is 4.74 Å². The second kappa shape index (κ2) is 7.04. The van der Waals surface area contributed by atoms with Gasteiger partial charge in [0.15, 0.2) is 0 Å². The molecule has 0 unspecified atom stereocenters. The Balaban J connectivity index is 1.54. The predicted molar refractivity (Wildman–Crippen MR) is 81.3 cm³/mol. The van der Waals surface area contributed by atoms with Crippen LogP contribution in [0.25, 0.3) is 0 Å². The highest BCUT2D eigenvalue weighted by Crippen LogP contribution is 2.09. The molecule has 22 heavy (non-hydrogen) atoms. The van der Waals surface area contributed by atoms with Crippen LogP contribution >= 0.6 is 0 Å². The lowest BCUT2D eigenvalue weighted by molar-refractivity contribution is -0.121. The molecule has 7 heteroatoms. The fourth-order valence-electron chi connectivity index (χ4n) is 2.29. The van der Waals surface area contributed by atoms with Crippen LogP contribution in [0.3, 0.4) is 0 Å². The minimum absolute atomic E-state index is 0.0391.